The van der Waals surface area contributed by atoms with Crippen LogP contribution < -0.4 is 14.8 Å². The molecule has 0 radical (unpaired) electrons. The Hall–Kier alpha value is -3.62. The zero-order valence-corrected chi connectivity index (χ0v) is 19.3. The summed E-state index contributed by atoms with van der Waals surface area (Å²) in [6.07, 6.45) is 3.14. The third-order valence-electron chi connectivity index (χ3n) is 4.74. The Labute approximate surface area is 200 Å². The largest absolute Gasteiger partial charge is 0.482 e. The second-order valence-corrected chi connectivity index (χ2v) is 7.88. The Balaban J connectivity index is 1.35. The molecule has 33 heavy (non-hydrogen) atoms. The standard InChI is InChI=1S/C23H19Cl2N5O3/c1-14-15(2)30(13-28-14)21-10-23(27-12-26-21)33-18-6-4-17(5-7-18)29-22(31)11-32-20-8-3-16(24)9-19(20)25/h3-10,12-13H,11H2,1-2H3,(H,29,31). The van der Waals surface area contributed by atoms with Gasteiger partial charge in [0.1, 0.15) is 30.0 Å². The Kier molecular flexibility index (Phi) is 6.76. The number of aromatic nitrogens is 4. The fraction of sp³-hybridized carbons (Fsp3) is 0.130. The SMILES string of the molecule is Cc1ncn(-c2cc(Oc3ccc(NC(=O)COc4ccc(Cl)cc4Cl)cc3)ncn2)c1C. The van der Waals surface area contributed by atoms with Crippen molar-refractivity contribution in [1.82, 2.24) is 19.5 Å². The average Bonchev–Trinajstić information content (AvgIpc) is 3.13. The van der Waals surface area contributed by atoms with Crippen LogP contribution in [0.3, 0.4) is 0 Å². The number of carbonyl (C=O) groups excluding carboxylic acids is 1. The predicted molar refractivity (Wildman–Crippen MR) is 126 cm³/mol. The lowest BCUT2D eigenvalue weighted by Crippen LogP contribution is -2.20. The van der Waals surface area contributed by atoms with Crippen LogP contribution in [0.1, 0.15) is 11.4 Å². The molecule has 0 unspecified atom stereocenters. The molecule has 10 heteroatoms. The van der Waals surface area contributed by atoms with Crippen molar-refractivity contribution in [3.8, 4) is 23.2 Å². The maximum Gasteiger partial charge on any atom is 0.262 e. The van der Waals surface area contributed by atoms with E-state index in [0.29, 0.717) is 38.9 Å². The summed E-state index contributed by atoms with van der Waals surface area (Å²) < 4.78 is 13.1. The molecule has 0 atom stereocenters. The van der Waals surface area contributed by atoms with E-state index in [1.807, 2.05) is 18.4 Å². The molecule has 0 fully saturated rings. The fourth-order valence-corrected chi connectivity index (χ4v) is 3.37. The molecule has 0 spiro atoms. The van der Waals surface area contributed by atoms with Crippen molar-refractivity contribution in [3.63, 3.8) is 0 Å². The van der Waals surface area contributed by atoms with Crippen LogP contribution in [-0.4, -0.2) is 32.0 Å². The molecule has 1 N–H and O–H groups in total. The highest BCUT2D eigenvalue weighted by molar-refractivity contribution is 6.35. The van der Waals surface area contributed by atoms with Crippen LogP contribution in [-0.2, 0) is 4.79 Å². The smallest absolute Gasteiger partial charge is 0.262 e. The molecule has 0 saturated heterocycles. The summed E-state index contributed by atoms with van der Waals surface area (Å²) in [5, 5.41) is 3.57. The first-order valence-electron chi connectivity index (χ1n) is 9.87. The molecule has 168 valence electrons. The van der Waals surface area contributed by atoms with Gasteiger partial charge in [0.05, 0.1) is 10.7 Å². The van der Waals surface area contributed by atoms with Crippen LogP contribution in [0.15, 0.2) is 61.2 Å². The zero-order chi connectivity index (χ0) is 23.4. The number of nitrogens with one attached hydrogen (secondary N) is 1. The summed E-state index contributed by atoms with van der Waals surface area (Å²) in [4.78, 5) is 24.9. The van der Waals surface area contributed by atoms with E-state index in [2.05, 4.69) is 20.3 Å². The quantitative estimate of drug-likeness (QED) is 0.378. The third-order valence-corrected chi connectivity index (χ3v) is 5.27. The molecule has 0 aliphatic rings. The summed E-state index contributed by atoms with van der Waals surface area (Å²) in [5.41, 5.74) is 2.50. The Morgan fingerprint density at radius 1 is 1.03 bits per heavy atom. The number of rotatable bonds is 7. The maximum atomic E-state index is 12.2. The number of amides is 1. The van der Waals surface area contributed by atoms with Gasteiger partial charge in [-0.1, -0.05) is 23.2 Å². The molecule has 0 saturated carbocycles. The lowest BCUT2D eigenvalue weighted by Gasteiger charge is -2.10. The third kappa shape index (κ3) is 5.60. The molecule has 2 heterocycles. The van der Waals surface area contributed by atoms with Crippen molar-refractivity contribution >= 4 is 34.8 Å². The van der Waals surface area contributed by atoms with Gasteiger partial charge in [0.2, 0.25) is 5.88 Å². The van der Waals surface area contributed by atoms with Crippen molar-refractivity contribution in [2.24, 2.45) is 0 Å². The number of anilines is 1. The van der Waals surface area contributed by atoms with Crippen LogP contribution in [0.4, 0.5) is 5.69 Å². The van der Waals surface area contributed by atoms with Gasteiger partial charge in [-0.3, -0.25) is 9.36 Å². The van der Waals surface area contributed by atoms with Gasteiger partial charge < -0.3 is 14.8 Å². The summed E-state index contributed by atoms with van der Waals surface area (Å²) in [6, 6.07) is 13.4. The van der Waals surface area contributed by atoms with Crippen molar-refractivity contribution in [2.45, 2.75) is 13.8 Å². The summed E-state index contributed by atoms with van der Waals surface area (Å²) >= 11 is 11.9. The first kappa shape index (κ1) is 22.6. The minimum Gasteiger partial charge on any atom is -0.482 e. The molecule has 4 rings (SSSR count). The number of nitrogens with zero attached hydrogens (tertiary/aromatic N) is 4. The van der Waals surface area contributed by atoms with Crippen LogP contribution in [0, 0.1) is 13.8 Å². The Bertz CT molecular complexity index is 1290. The van der Waals surface area contributed by atoms with Gasteiger partial charge in [-0.05, 0) is 56.3 Å². The topological polar surface area (TPSA) is 91.2 Å². The van der Waals surface area contributed by atoms with Gasteiger partial charge in [0.25, 0.3) is 5.91 Å². The van der Waals surface area contributed by atoms with Gasteiger partial charge in [-0.25, -0.2) is 15.0 Å². The zero-order valence-electron chi connectivity index (χ0n) is 17.8. The summed E-state index contributed by atoms with van der Waals surface area (Å²) in [5.74, 6) is 1.64. The van der Waals surface area contributed by atoms with Crippen LogP contribution in [0.25, 0.3) is 5.82 Å². The molecule has 0 bridgehead atoms. The molecule has 4 aromatic rings. The summed E-state index contributed by atoms with van der Waals surface area (Å²) in [7, 11) is 0. The van der Waals surface area contributed by atoms with E-state index < -0.39 is 0 Å². The number of carbonyl (C=O) groups is 1. The van der Waals surface area contributed by atoms with E-state index in [9.17, 15) is 4.79 Å². The molecular formula is C23H19Cl2N5O3. The highest BCUT2D eigenvalue weighted by atomic mass is 35.5. The number of aryl methyl sites for hydroxylation is 1. The van der Waals surface area contributed by atoms with Gasteiger partial charge >= 0.3 is 0 Å². The molecule has 1 amide bonds. The van der Waals surface area contributed by atoms with E-state index in [-0.39, 0.29) is 12.5 Å². The second kappa shape index (κ2) is 9.89. The van der Waals surface area contributed by atoms with E-state index in [0.717, 1.165) is 11.4 Å². The molecule has 0 aliphatic carbocycles. The van der Waals surface area contributed by atoms with E-state index in [1.54, 1.807) is 54.9 Å². The van der Waals surface area contributed by atoms with Crippen LogP contribution in [0.5, 0.6) is 17.4 Å². The number of imidazole rings is 1. The first-order chi connectivity index (χ1) is 15.9. The molecule has 8 nitrogen and oxygen atoms in total. The normalized spacial score (nSPS) is 10.7. The second-order valence-electron chi connectivity index (χ2n) is 7.04. The lowest BCUT2D eigenvalue weighted by atomic mass is 10.3. The van der Waals surface area contributed by atoms with Gasteiger partial charge in [-0.15, -0.1) is 0 Å². The molecule has 2 aromatic carbocycles. The highest BCUT2D eigenvalue weighted by Gasteiger charge is 2.10. The predicted octanol–water partition coefficient (Wildman–Crippen LogP) is 5.40. The van der Waals surface area contributed by atoms with E-state index >= 15 is 0 Å². The van der Waals surface area contributed by atoms with Crippen LogP contribution in [0.2, 0.25) is 10.0 Å². The maximum absolute atomic E-state index is 12.2. The minimum absolute atomic E-state index is 0.198. The van der Waals surface area contributed by atoms with Crippen LogP contribution >= 0.6 is 23.2 Å². The molecule has 2 aromatic heterocycles. The summed E-state index contributed by atoms with van der Waals surface area (Å²) in [6.45, 7) is 3.70. The average molecular weight is 484 g/mol. The molecule has 0 aliphatic heterocycles. The number of hydrogen-bond acceptors (Lipinski definition) is 6. The van der Waals surface area contributed by atoms with Gasteiger partial charge in [0, 0.05) is 22.5 Å². The number of ether oxygens (including phenoxy) is 2. The van der Waals surface area contributed by atoms with Crippen molar-refractivity contribution < 1.29 is 14.3 Å². The Morgan fingerprint density at radius 3 is 2.52 bits per heavy atom. The van der Waals surface area contributed by atoms with Crippen molar-refractivity contribution in [1.29, 1.82) is 0 Å². The van der Waals surface area contributed by atoms with Crippen molar-refractivity contribution in [3.05, 3.63) is 82.6 Å². The minimum atomic E-state index is -0.332. The highest BCUT2D eigenvalue weighted by Crippen LogP contribution is 2.27. The van der Waals surface area contributed by atoms with Crippen molar-refractivity contribution in [2.75, 3.05) is 11.9 Å². The number of benzene rings is 2. The van der Waals surface area contributed by atoms with Gasteiger partial charge in [0.15, 0.2) is 6.61 Å². The first-order valence-corrected chi connectivity index (χ1v) is 10.6. The number of halogens is 2. The lowest BCUT2D eigenvalue weighted by molar-refractivity contribution is -0.118. The molecular weight excluding hydrogens is 465 g/mol. The van der Waals surface area contributed by atoms with E-state index in [4.69, 9.17) is 32.7 Å². The number of hydrogen-bond donors (Lipinski definition) is 1. The van der Waals surface area contributed by atoms with E-state index in [1.165, 1.54) is 6.33 Å². The Morgan fingerprint density at radius 2 is 1.82 bits per heavy atom. The monoisotopic (exact) mass is 483 g/mol. The van der Waals surface area contributed by atoms with Gasteiger partial charge in [-0.2, -0.15) is 0 Å². The fourth-order valence-electron chi connectivity index (χ4n) is 2.91.